The van der Waals surface area contributed by atoms with Crippen molar-refractivity contribution in [1.82, 2.24) is 4.98 Å². The lowest BCUT2D eigenvalue weighted by molar-refractivity contribution is -0.385. The molecule has 0 amide bonds. The van der Waals surface area contributed by atoms with Gasteiger partial charge < -0.3 is 4.74 Å². The van der Waals surface area contributed by atoms with Gasteiger partial charge in [0, 0.05) is 23.9 Å². The highest BCUT2D eigenvalue weighted by atomic mass is 16.6. The van der Waals surface area contributed by atoms with Gasteiger partial charge in [0.25, 0.3) is 5.69 Å². The first-order valence-corrected chi connectivity index (χ1v) is 5.39. The van der Waals surface area contributed by atoms with Crippen LogP contribution >= 0.6 is 0 Å². The normalized spacial score (nSPS) is 9.68. The third kappa shape index (κ3) is 2.84. The first-order valence-electron chi connectivity index (χ1n) is 5.39. The highest BCUT2D eigenvalue weighted by Gasteiger charge is 2.11. The van der Waals surface area contributed by atoms with Crippen LogP contribution in [0, 0.1) is 28.4 Å². The zero-order valence-corrected chi connectivity index (χ0v) is 10.0. The fraction of sp³-hybridized carbons (Fsp3) is 0.0769. The smallest absolute Gasteiger partial charge is 0.272 e. The van der Waals surface area contributed by atoms with Gasteiger partial charge in [-0.15, -0.1) is 0 Å². The molecule has 2 rings (SSSR count). The van der Waals surface area contributed by atoms with Gasteiger partial charge in [0.1, 0.15) is 23.3 Å². The lowest BCUT2D eigenvalue weighted by Crippen LogP contribution is -1.93. The SMILES string of the molecule is Cc1cc(Oc2ccnc(C#N)c2)ccc1[N+](=O)[O-]. The number of hydrogen-bond acceptors (Lipinski definition) is 5. The lowest BCUT2D eigenvalue weighted by Gasteiger charge is -2.06. The van der Waals surface area contributed by atoms with Crippen molar-refractivity contribution in [3.8, 4) is 17.6 Å². The Kier molecular flexibility index (Phi) is 3.39. The standard InChI is InChI=1S/C13H9N3O3/c1-9-6-11(2-3-13(9)16(17)18)19-12-4-5-15-10(7-12)8-14/h2-7H,1H3. The number of hydrogen-bond donors (Lipinski definition) is 0. The molecule has 0 bridgehead atoms. The minimum Gasteiger partial charge on any atom is -0.457 e. The fourth-order valence-electron chi connectivity index (χ4n) is 1.57. The second-order valence-electron chi connectivity index (χ2n) is 3.80. The molecule has 0 unspecified atom stereocenters. The minimum absolute atomic E-state index is 0.0415. The molecule has 0 radical (unpaired) electrons. The number of aryl methyl sites for hydroxylation is 1. The van der Waals surface area contributed by atoms with Crippen LogP contribution in [-0.4, -0.2) is 9.91 Å². The molecule has 1 aromatic carbocycles. The average Bonchev–Trinajstić information content (AvgIpc) is 2.38. The number of nitriles is 1. The third-order valence-electron chi connectivity index (χ3n) is 2.45. The summed E-state index contributed by atoms with van der Waals surface area (Å²) in [6.07, 6.45) is 1.46. The molecule has 1 heterocycles. The summed E-state index contributed by atoms with van der Waals surface area (Å²) in [5.41, 5.74) is 0.799. The van der Waals surface area contributed by atoms with E-state index in [1.165, 1.54) is 24.4 Å². The van der Waals surface area contributed by atoms with Crippen LogP contribution < -0.4 is 4.74 Å². The van der Waals surface area contributed by atoms with E-state index in [-0.39, 0.29) is 11.4 Å². The summed E-state index contributed by atoms with van der Waals surface area (Å²) in [5, 5.41) is 19.4. The van der Waals surface area contributed by atoms with Gasteiger partial charge >= 0.3 is 0 Å². The van der Waals surface area contributed by atoms with Gasteiger partial charge in [-0.05, 0) is 25.1 Å². The second kappa shape index (κ2) is 5.14. The van der Waals surface area contributed by atoms with E-state index in [2.05, 4.69) is 4.98 Å². The van der Waals surface area contributed by atoms with E-state index in [0.29, 0.717) is 17.1 Å². The number of aromatic nitrogens is 1. The van der Waals surface area contributed by atoms with Crippen molar-refractivity contribution < 1.29 is 9.66 Å². The molecule has 0 aliphatic carbocycles. The summed E-state index contributed by atoms with van der Waals surface area (Å²) in [7, 11) is 0. The predicted molar refractivity (Wildman–Crippen MR) is 66.9 cm³/mol. The van der Waals surface area contributed by atoms with Crippen molar-refractivity contribution in [3.63, 3.8) is 0 Å². The molecular formula is C13H9N3O3. The predicted octanol–water partition coefficient (Wildman–Crippen LogP) is 2.96. The number of rotatable bonds is 3. The first kappa shape index (κ1) is 12.5. The molecule has 0 fully saturated rings. The molecule has 6 nitrogen and oxygen atoms in total. The van der Waals surface area contributed by atoms with Gasteiger partial charge in [-0.3, -0.25) is 10.1 Å². The Hall–Kier alpha value is -2.94. The zero-order chi connectivity index (χ0) is 13.8. The Morgan fingerprint density at radius 2 is 2.05 bits per heavy atom. The van der Waals surface area contributed by atoms with Gasteiger partial charge in [-0.25, -0.2) is 4.98 Å². The van der Waals surface area contributed by atoms with Crippen LogP contribution in [0.1, 0.15) is 11.3 Å². The molecule has 0 atom stereocenters. The van der Waals surface area contributed by atoms with Crippen LogP contribution in [0.4, 0.5) is 5.69 Å². The second-order valence-corrected chi connectivity index (χ2v) is 3.80. The molecule has 2 aromatic rings. The number of benzene rings is 1. The van der Waals surface area contributed by atoms with Crippen molar-refractivity contribution in [2.24, 2.45) is 0 Å². The fourth-order valence-corrected chi connectivity index (χ4v) is 1.57. The van der Waals surface area contributed by atoms with Crippen LogP contribution in [0.15, 0.2) is 36.5 Å². The van der Waals surface area contributed by atoms with E-state index in [1.54, 1.807) is 19.1 Å². The maximum Gasteiger partial charge on any atom is 0.272 e. The zero-order valence-electron chi connectivity index (χ0n) is 10.0. The van der Waals surface area contributed by atoms with Gasteiger partial charge in [0.15, 0.2) is 0 Å². The van der Waals surface area contributed by atoms with E-state index in [1.807, 2.05) is 6.07 Å². The molecule has 0 saturated heterocycles. The Balaban J connectivity index is 2.26. The quantitative estimate of drug-likeness (QED) is 0.621. The monoisotopic (exact) mass is 255 g/mol. The van der Waals surface area contributed by atoms with Crippen LogP contribution in [0.3, 0.4) is 0 Å². The Morgan fingerprint density at radius 3 is 2.68 bits per heavy atom. The summed E-state index contributed by atoms with van der Waals surface area (Å²) >= 11 is 0. The number of nitrogens with zero attached hydrogens (tertiary/aromatic N) is 3. The maximum atomic E-state index is 10.7. The molecule has 0 spiro atoms. The molecule has 0 N–H and O–H groups in total. The summed E-state index contributed by atoms with van der Waals surface area (Å²) < 4.78 is 5.52. The molecule has 6 heteroatoms. The molecule has 19 heavy (non-hydrogen) atoms. The van der Waals surface area contributed by atoms with Crippen LogP contribution in [0.5, 0.6) is 11.5 Å². The molecular weight excluding hydrogens is 246 g/mol. The number of pyridine rings is 1. The van der Waals surface area contributed by atoms with Crippen molar-refractivity contribution in [2.45, 2.75) is 6.92 Å². The molecule has 0 saturated carbocycles. The van der Waals surface area contributed by atoms with E-state index in [4.69, 9.17) is 10.00 Å². The minimum atomic E-state index is -0.445. The lowest BCUT2D eigenvalue weighted by atomic mass is 10.2. The Bertz CT molecular complexity index is 677. The molecule has 0 aliphatic rings. The highest BCUT2D eigenvalue weighted by Crippen LogP contribution is 2.27. The summed E-state index contributed by atoms with van der Waals surface area (Å²) in [5.74, 6) is 0.929. The largest absolute Gasteiger partial charge is 0.457 e. The van der Waals surface area contributed by atoms with Gasteiger partial charge in [-0.2, -0.15) is 5.26 Å². The van der Waals surface area contributed by atoms with Crippen molar-refractivity contribution in [1.29, 1.82) is 5.26 Å². The van der Waals surface area contributed by atoms with Crippen LogP contribution in [-0.2, 0) is 0 Å². The molecule has 0 aliphatic heterocycles. The highest BCUT2D eigenvalue weighted by molar-refractivity contribution is 5.45. The summed E-state index contributed by atoms with van der Waals surface area (Å²) in [6.45, 7) is 1.64. The third-order valence-corrected chi connectivity index (χ3v) is 2.45. The van der Waals surface area contributed by atoms with Crippen molar-refractivity contribution in [3.05, 3.63) is 57.9 Å². The van der Waals surface area contributed by atoms with Crippen LogP contribution in [0.2, 0.25) is 0 Å². The topological polar surface area (TPSA) is 89.0 Å². The van der Waals surface area contributed by atoms with E-state index < -0.39 is 4.92 Å². The van der Waals surface area contributed by atoms with Crippen molar-refractivity contribution in [2.75, 3.05) is 0 Å². The average molecular weight is 255 g/mol. The van der Waals surface area contributed by atoms with Gasteiger partial charge in [-0.1, -0.05) is 0 Å². The molecule has 94 valence electrons. The first-order chi connectivity index (χ1) is 9.10. The summed E-state index contributed by atoms with van der Waals surface area (Å²) in [6, 6.07) is 9.49. The summed E-state index contributed by atoms with van der Waals surface area (Å²) in [4.78, 5) is 14.1. The van der Waals surface area contributed by atoms with E-state index in [0.717, 1.165) is 0 Å². The van der Waals surface area contributed by atoms with Gasteiger partial charge in [0.2, 0.25) is 0 Å². The number of nitro groups is 1. The van der Waals surface area contributed by atoms with E-state index >= 15 is 0 Å². The van der Waals surface area contributed by atoms with E-state index in [9.17, 15) is 10.1 Å². The van der Waals surface area contributed by atoms with Crippen molar-refractivity contribution >= 4 is 5.69 Å². The Morgan fingerprint density at radius 1 is 1.32 bits per heavy atom. The maximum absolute atomic E-state index is 10.7. The number of nitro benzene ring substituents is 1. The number of ether oxygens (including phenoxy) is 1. The van der Waals surface area contributed by atoms with Crippen LogP contribution in [0.25, 0.3) is 0 Å². The van der Waals surface area contributed by atoms with Gasteiger partial charge in [0.05, 0.1) is 4.92 Å². The Labute approximate surface area is 109 Å². The molecule has 1 aromatic heterocycles.